The fourth-order valence-electron chi connectivity index (χ4n) is 3.43. The molecule has 0 unspecified atom stereocenters. The fourth-order valence-corrected chi connectivity index (χ4v) is 3.43. The summed E-state index contributed by atoms with van der Waals surface area (Å²) in [6.45, 7) is 6.96. The number of piperazine rings is 1. The molecule has 0 aliphatic carbocycles. The van der Waals surface area contributed by atoms with Crippen LogP contribution in [0.25, 0.3) is 10.9 Å². The van der Waals surface area contributed by atoms with Crippen LogP contribution in [-0.2, 0) is 17.9 Å². The third-order valence-corrected chi connectivity index (χ3v) is 4.68. The van der Waals surface area contributed by atoms with Crippen LogP contribution in [0, 0.1) is 6.92 Å². The SMILES string of the molecule is COCc1noc(CN2CCN(c3cc(C)nc4ccccc34)CC2)n1. The second-order valence-electron chi connectivity index (χ2n) is 6.60. The van der Waals surface area contributed by atoms with Crippen molar-refractivity contribution >= 4 is 16.6 Å². The van der Waals surface area contributed by atoms with Gasteiger partial charge >= 0.3 is 0 Å². The second-order valence-corrected chi connectivity index (χ2v) is 6.60. The van der Waals surface area contributed by atoms with E-state index in [1.807, 2.05) is 6.07 Å². The van der Waals surface area contributed by atoms with E-state index in [0.29, 0.717) is 24.9 Å². The van der Waals surface area contributed by atoms with Gasteiger partial charge in [-0.15, -0.1) is 0 Å². The van der Waals surface area contributed by atoms with Crippen molar-refractivity contribution in [3.63, 3.8) is 0 Å². The topological polar surface area (TPSA) is 67.5 Å². The molecule has 0 atom stereocenters. The molecule has 1 fully saturated rings. The van der Waals surface area contributed by atoms with E-state index in [2.05, 4.69) is 56.1 Å². The summed E-state index contributed by atoms with van der Waals surface area (Å²) in [5.41, 5.74) is 3.38. The Morgan fingerprint density at radius 2 is 1.92 bits per heavy atom. The maximum Gasteiger partial charge on any atom is 0.240 e. The highest BCUT2D eigenvalue weighted by Gasteiger charge is 2.21. The number of benzene rings is 1. The van der Waals surface area contributed by atoms with E-state index in [1.54, 1.807) is 7.11 Å². The highest BCUT2D eigenvalue weighted by atomic mass is 16.5. The third kappa shape index (κ3) is 3.54. The Bertz CT molecular complexity index is 887. The van der Waals surface area contributed by atoms with Gasteiger partial charge in [0, 0.05) is 50.1 Å². The maximum absolute atomic E-state index is 5.30. The van der Waals surface area contributed by atoms with Crippen LogP contribution in [0.2, 0.25) is 0 Å². The van der Waals surface area contributed by atoms with Gasteiger partial charge in [-0.05, 0) is 19.1 Å². The Hall–Kier alpha value is -2.51. The van der Waals surface area contributed by atoms with Gasteiger partial charge in [-0.2, -0.15) is 4.98 Å². The van der Waals surface area contributed by atoms with Gasteiger partial charge in [0.1, 0.15) is 6.61 Å². The quantitative estimate of drug-likeness (QED) is 0.698. The van der Waals surface area contributed by atoms with E-state index in [0.717, 1.165) is 37.4 Å². The molecule has 3 heterocycles. The van der Waals surface area contributed by atoms with Crippen LogP contribution in [0.1, 0.15) is 17.4 Å². The van der Waals surface area contributed by atoms with Crippen LogP contribution in [0.5, 0.6) is 0 Å². The average molecular weight is 353 g/mol. The summed E-state index contributed by atoms with van der Waals surface area (Å²) in [4.78, 5) is 13.8. The summed E-state index contributed by atoms with van der Waals surface area (Å²) in [5.74, 6) is 1.25. The zero-order chi connectivity index (χ0) is 17.9. The molecule has 7 nitrogen and oxygen atoms in total. The first-order valence-corrected chi connectivity index (χ1v) is 8.87. The first kappa shape index (κ1) is 16.9. The highest BCUT2D eigenvalue weighted by molar-refractivity contribution is 5.92. The Labute approximate surface area is 152 Å². The van der Waals surface area contributed by atoms with Gasteiger partial charge in [0.25, 0.3) is 0 Å². The monoisotopic (exact) mass is 353 g/mol. The number of aryl methyl sites for hydroxylation is 1. The zero-order valence-corrected chi connectivity index (χ0v) is 15.2. The van der Waals surface area contributed by atoms with Crippen molar-refractivity contribution in [3.8, 4) is 0 Å². The molecule has 1 saturated heterocycles. The summed E-state index contributed by atoms with van der Waals surface area (Å²) in [6.07, 6.45) is 0. The summed E-state index contributed by atoms with van der Waals surface area (Å²) < 4.78 is 10.3. The lowest BCUT2D eigenvalue weighted by atomic mass is 10.1. The van der Waals surface area contributed by atoms with E-state index in [1.165, 1.54) is 11.1 Å². The van der Waals surface area contributed by atoms with Crippen molar-refractivity contribution in [1.82, 2.24) is 20.0 Å². The van der Waals surface area contributed by atoms with Crippen LogP contribution in [0.3, 0.4) is 0 Å². The molecular formula is C19H23N5O2. The summed E-state index contributed by atoms with van der Waals surface area (Å²) >= 11 is 0. The minimum atomic E-state index is 0.381. The van der Waals surface area contributed by atoms with Crippen LogP contribution in [0.4, 0.5) is 5.69 Å². The van der Waals surface area contributed by atoms with Gasteiger partial charge < -0.3 is 14.2 Å². The number of aromatic nitrogens is 3. The molecular weight excluding hydrogens is 330 g/mol. The number of hydrogen-bond acceptors (Lipinski definition) is 7. The molecule has 7 heteroatoms. The molecule has 3 aromatic rings. The number of fused-ring (bicyclic) bond motifs is 1. The zero-order valence-electron chi connectivity index (χ0n) is 15.2. The Kier molecular flexibility index (Phi) is 4.81. The van der Waals surface area contributed by atoms with Crippen LogP contribution in [-0.4, -0.2) is 53.3 Å². The van der Waals surface area contributed by atoms with Crippen molar-refractivity contribution in [2.24, 2.45) is 0 Å². The standard InChI is InChI=1S/C19H23N5O2/c1-14-11-17(15-5-3-4-6-16(15)20-14)24-9-7-23(8-10-24)12-19-21-18(13-25-2)22-26-19/h3-6,11H,7-10,12-13H2,1-2H3. The van der Waals surface area contributed by atoms with E-state index < -0.39 is 0 Å². The lowest BCUT2D eigenvalue weighted by molar-refractivity contribution is 0.174. The van der Waals surface area contributed by atoms with E-state index in [-0.39, 0.29) is 0 Å². The predicted molar refractivity (Wildman–Crippen MR) is 99.0 cm³/mol. The largest absolute Gasteiger partial charge is 0.377 e. The highest BCUT2D eigenvalue weighted by Crippen LogP contribution is 2.27. The number of rotatable bonds is 5. The lowest BCUT2D eigenvalue weighted by Crippen LogP contribution is -2.46. The molecule has 1 aromatic carbocycles. The smallest absolute Gasteiger partial charge is 0.240 e. The number of ether oxygens (including phenoxy) is 1. The molecule has 1 aliphatic heterocycles. The molecule has 0 spiro atoms. The minimum Gasteiger partial charge on any atom is -0.377 e. The molecule has 136 valence electrons. The Morgan fingerprint density at radius 1 is 1.12 bits per heavy atom. The average Bonchev–Trinajstić information content (AvgIpc) is 3.09. The lowest BCUT2D eigenvalue weighted by Gasteiger charge is -2.36. The van der Waals surface area contributed by atoms with Crippen molar-refractivity contribution in [1.29, 1.82) is 0 Å². The molecule has 0 saturated carbocycles. The van der Waals surface area contributed by atoms with E-state index >= 15 is 0 Å². The van der Waals surface area contributed by atoms with Gasteiger partial charge in [0.15, 0.2) is 5.82 Å². The number of hydrogen-bond donors (Lipinski definition) is 0. The van der Waals surface area contributed by atoms with Gasteiger partial charge in [-0.3, -0.25) is 9.88 Å². The first-order valence-electron chi connectivity index (χ1n) is 8.87. The summed E-state index contributed by atoms with van der Waals surface area (Å²) in [7, 11) is 1.62. The number of para-hydroxylation sites is 1. The molecule has 1 aliphatic rings. The predicted octanol–water partition coefficient (Wildman–Crippen LogP) is 2.39. The van der Waals surface area contributed by atoms with Crippen LogP contribution < -0.4 is 4.90 Å². The summed E-state index contributed by atoms with van der Waals surface area (Å²) in [6, 6.07) is 10.5. The Morgan fingerprint density at radius 3 is 2.73 bits per heavy atom. The fraction of sp³-hybridized carbons (Fsp3) is 0.421. The maximum atomic E-state index is 5.30. The van der Waals surface area contributed by atoms with Crippen LogP contribution in [0.15, 0.2) is 34.9 Å². The molecule has 0 N–H and O–H groups in total. The van der Waals surface area contributed by atoms with E-state index in [9.17, 15) is 0 Å². The van der Waals surface area contributed by atoms with Crippen LogP contribution >= 0.6 is 0 Å². The van der Waals surface area contributed by atoms with Gasteiger partial charge in [-0.25, -0.2) is 0 Å². The van der Waals surface area contributed by atoms with Gasteiger partial charge in [0.2, 0.25) is 5.89 Å². The molecule has 26 heavy (non-hydrogen) atoms. The van der Waals surface area contributed by atoms with Crippen molar-refractivity contribution in [2.45, 2.75) is 20.1 Å². The number of pyridine rings is 1. The van der Waals surface area contributed by atoms with E-state index in [4.69, 9.17) is 9.26 Å². The molecule has 0 radical (unpaired) electrons. The first-order chi connectivity index (χ1) is 12.7. The van der Waals surface area contributed by atoms with Gasteiger partial charge in [-0.1, -0.05) is 23.4 Å². The normalized spacial score (nSPS) is 15.7. The third-order valence-electron chi connectivity index (χ3n) is 4.68. The molecule has 2 aromatic heterocycles. The minimum absolute atomic E-state index is 0.381. The number of anilines is 1. The number of methoxy groups -OCH3 is 1. The summed E-state index contributed by atoms with van der Waals surface area (Å²) in [5, 5.41) is 5.14. The van der Waals surface area contributed by atoms with Crippen molar-refractivity contribution in [2.75, 3.05) is 38.2 Å². The van der Waals surface area contributed by atoms with Crippen molar-refractivity contribution in [3.05, 3.63) is 47.7 Å². The Balaban J connectivity index is 1.43. The van der Waals surface area contributed by atoms with Gasteiger partial charge in [0.05, 0.1) is 12.1 Å². The number of nitrogens with zero attached hydrogens (tertiary/aromatic N) is 5. The molecule has 4 rings (SSSR count). The molecule has 0 bridgehead atoms. The van der Waals surface area contributed by atoms with Crippen molar-refractivity contribution < 1.29 is 9.26 Å². The second kappa shape index (κ2) is 7.39. The molecule has 0 amide bonds.